The number of piperazine rings is 1. The fourth-order valence-corrected chi connectivity index (χ4v) is 3.09. The largest absolute Gasteiger partial charge is 0.340 e. The van der Waals surface area contributed by atoms with Gasteiger partial charge in [-0.2, -0.15) is 0 Å². The van der Waals surface area contributed by atoms with Crippen LogP contribution in [0.15, 0.2) is 24.3 Å². The van der Waals surface area contributed by atoms with E-state index in [1.165, 1.54) is 0 Å². The zero-order chi connectivity index (χ0) is 14.7. The van der Waals surface area contributed by atoms with Gasteiger partial charge in [-0.3, -0.25) is 9.69 Å². The van der Waals surface area contributed by atoms with Crippen LogP contribution >= 0.6 is 11.6 Å². The molecule has 2 unspecified atom stereocenters. The van der Waals surface area contributed by atoms with Crippen LogP contribution in [0, 0.1) is 0 Å². The maximum atomic E-state index is 11.4. The van der Waals surface area contributed by atoms with Crippen molar-refractivity contribution in [3.63, 3.8) is 0 Å². The summed E-state index contributed by atoms with van der Waals surface area (Å²) in [7, 11) is 0. The smallest absolute Gasteiger partial charge is 0.219 e. The Morgan fingerprint density at radius 3 is 2.35 bits per heavy atom. The Hall–Kier alpha value is -1.10. The number of carbonyl (C=O) groups is 1. The van der Waals surface area contributed by atoms with Crippen molar-refractivity contribution < 1.29 is 4.79 Å². The van der Waals surface area contributed by atoms with E-state index in [2.05, 4.69) is 4.90 Å². The molecule has 0 aromatic heterocycles. The highest BCUT2D eigenvalue weighted by Gasteiger charge is 2.29. The second-order valence-electron chi connectivity index (χ2n) is 5.37. The number of nitrogens with zero attached hydrogens (tertiary/aromatic N) is 2. The summed E-state index contributed by atoms with van der Waals surface area (Å²) in [5, 5.41) is 0.754. The third-order valence-corrected chi connectivity index (χ3v) is 4.22. The Labute approximate surface area is 125 Å². The third kappa shape index (κ3) is 3.32. The van der Waals surface area contributed by atoms with Gasteiger partial charge in [-0.05, 0) is 18.6 Å². The Morgan fingerprint density at radius 2 is 1.85 bits per heavy atom. The van der Waals surface area contributed by atoms with Gasteiger partial charge in [0.2, 0.25) is 5.91 Å². The zero-order valence-electron chi connectivity index (χ0n) is 12.1. The fraction of sp³-hybridized carbons (Fsp3) is 0.533. The van der Waals surface area contributed by atoms with E-state index in [9.17, 15) is 4.79 Å². The van der Waals surface area contributed by atoms with Crippen molar-refractivity contribution in [2.45, 2.75) is 25.9 Å². The molecule has 5 heteroatoms. The lowest BCUT2D eigenvalue weighted by atomic mass is 9.98. The van der Waals surface area contributed by atoms with Gasteiger partial charge in [-0.15, -0.1) is 0 Å². The van der Waals surface area contributed by atoms with E-state index in [1.807, 2.05) is 36.1 Å². The molecular weight excluding hydrogens is 274 g/mol. The molecule has 1 amide bonds. The summed E-state index contributed by atoms with van der Waals surface area (Å²) in [5.74, 6) is 0.139. The average Bonchev–Trinajstić information content (AvgIpc) is 2.41. The highest BCUT2D eigenvalue weighted by atomic mass is 35.5. The quantitative estimate of drug-likeness (QED) is 0.926. The lowest BCUT2D eigenvalue weighted by Crippen LogP contribution is -2.52. The minimum atomic E-state index is -0.0150. The first-order valence-electron chi connectivity index (χ1n) is 7.00. The Balaban J connectivity index is 2.15. The number of amides is 1. The number of carbonyl (C=O) groups excluding carboxylic acids is 1. The van der Waals surface area contributed by atoms with Gasteiger partial charge in [-0.25, -0.2) is 0 Å². The van der Waals surface area contributed by atoms with E-state index in [0.29, 0.717) is 0 Å². The molecule has 0 aliphatic carbocycles. The molecule has 2 atom stereocenters. The number of hydrogen-bond acceptors (Lipinski definition) is 3. The van der Waals surface area contributed by atoms with Crippen molar-refractivity contribution in [1.29, 1.82) is 0 Å². The Morgan fingerprint density at radius 1 is 1.25 bits per heavy atom. The molecule has 0 spiro atoms. The zero-order valence-corrected chi connectivity index (χ0v) is 12.8. The van der Waals surface area contributed by atoms with Crippen LogP contribution in [0.4, 0.5) is 0 Å². The summed E-state index contributed by atoms with van der Waals surface area (Å²) < 4.78 is 0. The van der Waals surface area contributed by atoms with Crippen LogP contribution in [0.25, 0.3) is 0 Å². The van der Waals surface area contributed by atoms with E-state index < -0.39 is 0 Å². The summed E-state index contributed by atoms with van der Waals surface area (Å²) in [6.07, 6.45) is 0. The van der Waals surface area contributed by atoms with Crippen LogP contribution in [0.3, 0.4) is 0 Å². The van der Waals surface area contributed by atoms with Crippen molar-refractivity contribution in [3.8, 4) is 0 Å². The van der Waals surface area contributed by atoms with Crippen molar-refractivity contribution in [3.05, 3.63) is 34.9 Å². The molecule has 1 fully saturated rings. The second kappa shape index (κ2) is 6.57. The summed E-state index contributed by atoms with van der Waals surface area (Å²) in [4.78, 5) is 15.6. The topological polar surface area (TPSA) is 49.6 Å². The van der Waals surface area contributed by atoms with Crippen LogP contribution in [0.5, 0.6) is 0 Å². The maximum Gasteiger partial charge on any atom is 0.219 e. The predicted octanol–water partition coefficient (Wildman–Crippen LogP) is 1.89. The number of benzene rings is 1. The van der Waals surface area contributed by atoms with Crippen LogP contribution in [0.2, 0.25) is 5.02 Å². The highest BCUT2D eigenvalue weighted by Crippen LogP contribution is 2.30. The Bertz CT molecular complexity index is 470. The maximum absolute atomic E-state index is 11.4. The molecule has 1 aromatic carbocycles. The van der Waals surface area contributed by atoms with E-state index in [4.69, 9.17) is 17.3 Å². The third-order valence-electron chi connectivity index (χ3n) is 3.87. The highest BCUT2D eigenvalue weighted by molar-refractivity contribution is 6.31. The molecule has 1 aliphatic rings. The van der Waals surface area contributed by atoms with Gasteiger partial charge >= 0.3 is 0 Å². The lowest BCUT2D eigenvalue weighted by Gasteiger charge is -2.41. The molecule has 1 saturated heterocycles. The molecule has 20 heavy (non-hydrogen) atoms. The van der Waals surface area contributed by atoms with Crippen molar-refractivity contribution in [1.82, 2.24) is 9.80 Å². The first-order chi connectivity index (χ1) is 9.50. The minimum absolute atomic E-state index is 0.0150. The van der Waals surface area contributed by atoms with Crippen LogP contribution in [0.1, 0.15) is 25.5 Å². The van der Waals surface area contributed by atoms with Crippen LogP contribution in [-0.4, -0.2) is 47.9 Å². The lowest BCUT2D eigenvalue weighted by molar-refractivity contribution is -0.130. The number of hydrogen-bond donors (Lipinski definition) is 1. The summed E-state index contributed by atoms with van der Waals surface area (Å²) in [6, 6.07) is 7.93. The van der Waals surface area contributed by atoms with Crippen LogP contribution < -0.4 is 5.73 Å². The van der Waals surface area contributed by atoms with Gasteiger partial charge in [-0.1, -0.05) is 29.8 Å². The molecule has 1 heterocycles. The van der Waals surface area contributed by atoms with Gasteiger partial charge in [0.15, 0.2) is 0 Å². The SMILES string of the molecule is CC(=O)N1CCN(C(c2ccccc2Cl)C(C)N)CC1. The number of halogens is 1. The second-order valence-corrected chi connectivity index (χ2v) is 5.77. The van der Waals surface area contributed by atoms with E-state index in [0.717, 1.165) is 36.8 Å². The molecule has 4 nitrogen and oxygen atoms in total. The van der Waals surface area contributed by atoms with Gasteiger partial charge in [0.25, 0.3) is 0 Å². The minimum Gasteiger partial charge on any atom is -0.340 e. The molecule has 1 aromatic rings. The van der Waals surface area contributed by atoms with E-state index >= 15 is 0 Å². The normalized spacial score (nSPS) is 19.7. The monoisotopic (exact) mass is 295 g/mol. The molecule has 0 bridgehead atoms. The van der Waals surface area contributed by atoms with E-state index in [1.54, 1.807) is 6.92 Å². The Kier molecular flexibility index (Phi) is 5.02. The predicted molar refractivity (Wildman–Crippen MR) is 81.7 cm³/mol. The molecular formula is C15H22ClN3O. The van der Waals surface area contributed by atoms with Crippen LogP contribution in [-0.2, 0) is 4.79 Å². The van der Waals surface area contributed by atoms with Gasteiger partial charge in [0.05, 0.1) is 6.04 Å². The van der Waals surface area contributed by atoms with E-state index in [-0.39, 0.29) is 18.0 Å². The van der Waals surface area contributed by atoms with Crippen molar-refractivity contribution >= 4 is 17.5 Å². The molecule has 0 radical (unpaired) electrons. The number of nitrogens with two attached hydrogens (primary N) is 1. The van der Waals surface area contributed by atoms with Crippen molar-refractivity contribution in [2.75, 3.05) is 26.2 Å². The first-order valence-corrected chi connectivity index (χ1v) is 7.38. The summed E-state index contributed by atoms with van der Waals surface area (Å²) >= 11 is 6.31. The average molecular weight is 296 g/mol. The van der Waals surface area contributed by atoms with Gasteiger partial charge < -0.3 is 10.6 Å². The molecule has 2 N–H and O–H groups in total. The number of rotatable bonds is 3. The molecule has 1 aliphatic heterocycles. The van der Waals surface area contributed by atoms with Gasteiger partial charge in [0.1, 0.15) is 0 Å². The standard InChI is InChI=1S/C15H22ClN3O/c1-11(17)15(13-5-3-4-6-14(13)16)19-9-7-18(8-10-19)12(2)20/h3-6,11,15H,7-10,17H2,1-2H3. The summed E-state index contributed by atoms with van der Waals surface area (Å²) in [6.45, 7) is 6.79. The first kappa shape index (κ1) is 15.3. The molecule has 110 valence electrons. The van der Waals surface area contributed by atoms with Gasteiger partial charge in [0, 0.05) is 44.2 Å². The molecule has 2 rings (SSSR count). The molecule has 0 saturated carbocycles. The fourth-order valence-electron chi connectivity index (χ4n) is 2.84. The van der Waals surface area contributed by atoms with Crippen molar-refractivity contribution in [2.24, 2.45) is 5.73 Å². The summed E-state index contributed by atoms with van der Waals surface area (Å²) in [5.41, 5.74) is 7.25.